The van der Waals surface area contributed by atoms with Crippen LogP contribution >= 0.6 is 0 Å². The molecule has 10 heteroatoms. The molecule has 0 bridgehead atoms. The van der Waals surface area contributed by atoms with Crippen LogP contribution in [-0.4, -0.2) is 64.4 Å². The summed E-state index contributed by atoms with van der Waals surface area (Å²) in [4.78, 5) is 23.9. The zero-order valence-corrected chi connectivity index (χ0v) is 27.7. The largest absolute Gasteiger partial charge is 0.469 e. The minimum Gasteiger partial charge on any atom is -0.469 e. The topological polar surface area (TPSA) is 114 Å². The molecule has 4 saturated carbocycles. The molecule has 1 spiro atoms. The van der Waals surface area contributed by atoms with Crippen LogP contribution in [0.2, 0.25) is 0 Å². The lowest BCUT2D eigenvalue weighted by atomic mass is 9.43. The van der Waals surface area contributed by atoms with Gasteiger partial charge in [-0.25, -0.2) is 0 Å². The van der Waals surface area contributed by atoms with Gasteiger partial charge in [0.1, 0.15) is 6.10 Å². The Kier molecular flexibility index (Phi) is 8.29. The molecule has 4 aliphatic carbocycles. The fourth-order valence-electron chi connectivity index (χ4n) is 11.2. The van der Waals surface area contributed by atoms with Crippen molar-refractivity contribution in [1.29, 1.82) is 0 Å². The van der Waals surface area contributed by atoms with Crippen molar-refractivity contribution >= 4 is 22.1 Å². The molecule has 2 aliphatic heterocycles. The van der Waals surface area contributed by atoms with Gasteiger partial charge >= 0.3 is 11.9 Å². The molecule has 0 aromatic heterocycles. The van der Waals surface area contributed by atoms with E-state index in [1.54, 1.807) is 0 Å². The van der Waals surface area contributed by atoms with Crippen molar-refractivity contribution in [3.8, 4) is 0 Å². The molecule has 13 atom stereocenters. The molecule has 0 amide bonds. The van der Waals surface area contributed by atoms with Gasteiger partial charge in [0.2, 0.25) is 0 Å². The van der Waals surface area contributed by atoms with E-state index in [9.17, 15) is 18.0 Å². The van der Waals surface area contributed by atoms with Gasteiger partial charge in [0, 0.05) is 23.7 Å². The maximum Gasteiger partial charge on any atom is 0.306 e. The highest BCUT2D eigenvalue weighted by atomic mass is 32.2. The van der Waals surface area contributed by atoms with Gasteiger partial charge in [0.05, 0.1) is 45.0 Å². The highest BCUT2D eigenvalue weighted by Gasteiger charge is 2.72. The molecular formula is C33H52O9S. The van der Waals surface area contributed by atoms with E-state index >= 15 is 0 Å². The number of hydrogen-bond acceptors (Lipinski definition) is 9. The fraction of sp³-hybridized carbons (Fsp3) is 0.939. The van der Waals surface area contributed by atoms with Crippen LogP contribution in [0.15, 0.2) is 0 Å². The highest BCUT2D eigenvalue weighted by molar-refractivity contribution is 7.86. The Balaban J connectivity index is 1.22. The summed E-state index contributed by atoms with van der Waals surface area (Å²) >= 11 is 0. The summed E-state index contributed by atoms with van der Waals surface area (Å²) in [5.41, 5.74) is -0.299. The van der Waals surface area contributed by atoms with Gasteiger partial charge < -0.3 is 18.9 Å². The monoisotopic (exact) mass is 624 g/mol. The summed E-state index contributed by atoms with van der Waals surface area (Å²) in [6, 6.07) is 0. The van der Waals surface area contributed by atoms with Crippen LogP contribution in [0.3, 0.4) is 0 Å². The lowest BCUT2D eigenvalue weighted by molar-refractivity contribution is -0.274. The highest BCUT2D eigenvalue weighted by Crippen LogP contribution is 2.72. The number of carbonyl (C=O) groups excluding carboxylic acids is 2. The summed E-state index contributed by atoms with van der Waals surface area (Å²) < 4.78 is 55.5. The molecule has 2 heterocycles. The minimum atomic E-state index is -3.67. The maximum absolute atomic E-state index is 12.8. The molecule has 244 valence electrons. The first kappa shape index (κ1) is 31.7. The lowest BCUT2D eigenvalue weighted by Gasteiger charge is -2.62. The van der Waals surface area contributed by atoms with Crippen molar-refractivity contribution in [1.82, 2.24) is 0 Å². The SMILES string of the molecule is COC(=O)CCC(=O)O[C@H]1CC[C@@]2(C)[C@@H](CC[C@@H]3[C@@H]2C[C@@H](OS(C)(=O)=O)[C@]2(C)[C@@H]4[C@H](C[C@@H]32)O[C@]2(CC[C@@H](C)CO2)[C@H]4C)C1. The zero-order chi connectivity index (χ0) is 30.9. The van der Waals surface area contributed by atoms with Crippen molar-refractivity contribution in [2.45, 2.75) is 122 Å². The second-order valence-electron chi connectivity index (χ2n) is 15.5. The Morgan fingerprint density at radius 2 is 1.67 bits per heavy atom. The number of rotatable bonds is 6. The summed E-state index contributed by atoms with van der Waals surface area (Å²) in [6.45, 7) is 9.90. The summed E-state index contributed by atoms with van der Waals surface area (Å²) in [5, 5.41) is 0. The standard InChI is InChI=1S/C33H52O9S/c1-19-11-14-33(39-18-19)20(2)30-26(41-33)16-25-23-8-7-21-15-22(40-29(35)10-9-28(34)38-5)12-13-31(21,3)24(23)17-27(32(25,30)4)42-43(6,36)37/h19-27,30H,7-18H2,1-6H3/t19-,20+,21+,22+,23-,24+,25+,26+,27-,30+,31+,32-,33-/m1/s1. The quantitative estimate of drug-likeness (QED) is 0.289. The van der Waals surface area contributed by atoms with Crippen molar-refractivity contribution in [2.75, 3.05) is 20.0 Å². The van der Waals surface area contributed by atoms with E-state index < -0.39 is 28.0 Å². The Labute approximate surface area is 257 Å². The van der Waals surface area contributed by atoms with E-state index in [-0.39, 0.29) is 53.7 Å². The maximum atomic E-state index is 12.8. The minimum absolute atomic E-state index is 0.0201. The molecule has 2 saturated heterocycles. The first-order valence-corrected chi connectivity index (χ1v) is 18.5. The third kappa shape index (κ3) is 5.38. The van der Waals surface area contributed by atoms with Crippen molar-refractivity contribution in [3.05, 3.63) is 0 Å². The molecule has 0 radical (unpaired) electrons. The van der Waals surface area contributed by atoms with Crippen molar-refractivity contribution in [3.63, 3.8) is 0 Å². The first-order chi connectivity index (χ1) is 20.2. The number of fused-ring (bicyclic) bond motifs is 7. The Hall–Kier alpha value is -1.23. The molecule has 6 rings (SSSR count). The lowest BCUT2D eigenvalue weighted by Crippen LogP contribution is -2.60. The fourth-order valence-corrected chi connectivity index (χ4v) is 11.9. The van der Waals surface area contributed by atoms with E-state index in [4.69, 9.17) is 18.4 Å². The van der Waals surface area contributed by atoms with Crippen molar-refractivity contribution < 1.29 is 41.1 Å². The molecule has 0 unspecified atom stereocenters. The van der Waals surface area contributed by atoms with E-state index in [0.29, 0.717) is 36.2 Å². The molecule has 0 N–H and O–H groups in total. The van der Waals surface area contributed by atoms with Crippen LogP contribution in [-0.2, 0) is 42.8 Å². The molecule has 0 aromatic rings. The van der Waals surface area contributed by atoms with Crippen LogP contribution in [0, 0.1) is 52.3 Å². The summed E-state index contributed by atoms with van der Waals surface area (Å²) in [5.74, 6) is 1.08. The van der Waals surface area contributed by atoms with Crippen LogP contribution in [0.5, 0.6) is 0 Å². The van der Waals surface area contributed by atoms with Gasteiger partial charge in [0.25, 0.3) is 10.1 Å². The molecule has 6 aliphatic rings. The third-order valence-electron chi connectivity index (χ3n) is 13.3. The van der Waals surface area contributed by atoms with E-state index in [1.807, 2.05) is 0 Å². The average Bonchev–Trinajstić information content (AvgIpc) is 3.39. The molecule has 9 nitrogen and oxygen atoms in total. The Bertz CT molecular complexity index is 1190. The van der Waals surface area contributed by atoms with Crippen LogP contribution in [0.25, 0.3) is 0 Å². The Morgan fingerprint density at radius 3 is 2.35 bits per heavy atom. The number of ether oxygens (including phenoxy) is 4. The third-order valence-corrected chi connectivity index (χ3v) is 13.9. The smallest absolute Gasteiger partial charge is 0.306 e. The van der Waals surface area contributed by atoms with Crippen LogP contribution in [0.1, 0.15) is 98.3 Å². The van der Waals surface area contributed by atoms with Gasteiger partial charge in [0.15, 0.2) is 5.79 Å². The Morgan fingerprint density at radius 1 is 0.930 bits per heavy atom. The van der Waals surface area contributed by atoms with E-state index in [2.05, 4.69) is 32.4 Å². The van der Waals surface area contributed by atoms with Gasteiger partial charge in [-0.05, 0) is 86.4 Å². The second-order valence-corrected chi connectivity index (χ2v) is 17.1. The van der Waals surface area contributed by atoms with E-state index in [0.717, 1.165) is 57.8 Å². The van der Waals surface area contributed by atoms with Gasteiger partial charge in [-0.1, -0.05) is 27.7 Å². The van der Waals surface area contributed by atoms with E-state index in [1.165, 1.54) is 13.4 Å². The van der Waals surface area contributed by atoms with Crippen molar-refractivity contribution in [2.24, 2.45) is 52.3 Å². The predicted molar refractivity (Wildman–Crippen MR) is 158 cm³/mol. The summed E-state index contributed by atoms with van der Waals surface area (Å²) in [6.07, 6.45) is 9.07. The second kappa shape index (κ2) is 11.2. The molecule has 0 aromatic carbocycles. The number of esters is 2. The first-order valence-electron chi connectivity index (χ1n) is 16.7. The molecule has 6 fully saturated rings. The van der Waals surface area contributed by atoms with Crippen LogP contribution in [0.4, 0.5) is 0 Å². The normalized spacial score (nSPS) is 49.0. The molecular weight excluding hydrogens is 572 g/mol. The van der Waals surface area contributed by atoms with Crippen LogP contribution < -0.4 is 0 Å². The van der Waals surface area contributed by atoms with Gasteiger partial charge in [-0.3, -0.25) is 13.8 Å². The number of carbonyl (C=O) groups is 2. The number of hydrogen-bond donors (Lipinski definition) is 0. The summed E-state index contributed by atoms with van der Waals surface area (Å²) in [7, 11) is -2.35. The molecule has 43 heavy (non-hydrogen) atoms. The zero-order valence-electron chi connectivity index (χ0n) is 26.8. The van der Waals surface area contributed by atoms with Gasteiger partial charge in [-0.2, -0.15) is 8.42 Å². The number of methoxy groups -OCH3 is 1. The predicted octanol–water partition coefficient (Wildman–Crippen LogP) is 5.25. The average molecular weight is 625 g/mol. The van der Waals surface area contributed by atoms with Gasteiger partial charge in [-0.15, -0.1) is 0 Å².